The molecule has 0 saturated carbocycles. The topological polar surface area (TPSA) is 75.4 Å². The van der Waals surface area contributed by atoms with Crippen LogP contribution in [0.3, 0.4) is 0 Å². The molecule has 0 spiro atoms. The largest absolute Gasteiger partial charge is 0.500 e. The van der Waals surface area contributed by atoms with Crippen molar-refractivity contribution in [2.24, 2.45) is 5.73 Å². The minimum atomic E-state index is -2.46. The van der Waals surface area contributed by atoms with E-state index in [0.29, 0.717) is 6.54 Å². The molecule has 0 rings (SSSR count). The highest BCUT2D eigenvalue weighted by Crippen LogP contribution is 2.15. The van der Waals surface area contributed by atoms with Crippen molar-refractivity contribution in [2.45, 2.75) is 24.9 Å². The third-order valence-electron chi connectivity index (χ3n) is 3.78. The van der Waals surface area contributed by atoms with Gasteiger partial charge in [0.1, 0.15) is 0 Å². The van der Waals surface area contributed by atoms with Crippen molar-refractivity contribution in [3.8, 4) is 0 Å². The SMILES string of the molecule is CO[SiH](CCCN(CCN)CCC[Si](OC)(OC)OC)OC. The molecule has 0 aromatic rings. The minimum absolute atomic E-state index is 0.664. The van der Waals surface area contributed by atoms with Crippen LogP contribution in [0.1, 0.15) is 12.8 Å². The molecule has 0 atom stereocenters. The molecule has 0 unspecified atom stereocenters. The number of hydrogen-bond donors (Lipinski definition) is 1. The summed E-state index contributed by atoms with van der Waals surface area (Å²) in [5, 5.41) is 0. The van der Waals surface area contributed by atoms with Crippen LogP contribution in [0.2, 0.25) is 12.1 Å². The fourth-order valence-corrected chi connectivity index (χ4v) is 5.29. The Balaban J connectivity index is 4.13. The molecule has 0 bridgehead atoms. The molecule has 0 aromatic heterocycles. The smallest absolute Gasteiger partial charge is 0.400 e. The van der Waals surface area contributed by atoms with Crippen LogP contribution >= 0.6 is 0 Å². The molecule has 0 aliphatic carbocycles. The van der Waals surface area contributed by atoms with E-state index in [-0.39, 0.29) is 0 Å². The van der Waals surface area contributed by atoms with E-state index in [2.05, 4.69) is 4.90 Å². The zero-order chi connectivity index (χ0) is 16.8. The first-order valence-electron chi connectivity index (χ1n) is 7.74. The monoisotopic (exact) mass is 354 g/mol. The van der Waals surface area contributed by atoms with Gasteiger partial charge in [0.15, 0.2) is 0 Å². The van der Waals surface area contributed by atoms with Gasteiger partial charge in [0.2, 0.25) is 0 Å². The molecule has 22 heavy (non-hydrogen) atoms. The Bertz CT molecular complexity index is 248. The van der Waals surface area contributed by atoms with Crippen molar-refractivity contribution in [2.75, 3.05) is 61.7 Å². The van der Waals surface area contributed by atoms with Crippen molar-refractivity contribution in [1.82, 2.24) is 4.90 Å². The lowest BCUT2D eigenvalue weighted by Gasteiger charge is -2.26. The summed E-state index contributed by atoms with van der Waals surface area (Å²) in [6.07, 6.45) is 2.04. The number of nitrogens with zero attached hydrogens (tertiary/aromatic N) is 1. The summed E-state index contributed by atoms with van der Waals surface area (Å²) in [6.45, 7) is 3.54. The summed E-state index contributed by atoms with van der Waals surface area (Å²) in [7, 11) is 4.49. The predicted molar refractivity (Wildman–Crippen MR) is 92.3 cm³/mol. The maximum absolute atomic E-state index is 5.70. The van der Waals surface area contributed by atoms with Gasteiger partial charge < -0.3 is 32.8 Å². The van der Waals surface area contributed by atoms with Crippen molar-refractivity contribution in [1.29, 1.82) is 0 Å². The molecule has 2 N–H and O–H groups in total. The second-order valence-corrected chi connectivity index (χ2v) is 10.5. The highest BCUT2D eigenvalue weighted by atomic mass is 28.4. The van der Waals surface area contributed by atoms with Gasteiger partial charge in [0, 0.05) is 54.7 Å². The van der Waals surface area contributed by atoms with E-state index in [9.17, 15) is 0 Å². The highest BCUT2D eigenvalue weighted by Gasteiger charge is 2.36. The van der Waals surface area contributed by atoms with Gasteiger partial charge >= 0.3 is 18.1 Å². The molecule has 9 heteroatoms. The van der Waals surface area contributed by atoms with Gasteiger partial charge in [0.25, 0.3) is 0 Å². The maximum Gasteiger partial charge on any atom is 0.500 e. The second-order valence-electron chi connectivity index (χ2n) is 5.07. The van der Waals surface area contributed by atoms with Crippen LogP contribution in [0.15, 0.2) is 0 Å². The molecule has 0 amide bonds. The molecule has 134 valence electrons. The summed E-state index contributed by atoms with van der Waals surface area (Å²) < 4.78 is 27.0. The molecule has 0 saturated heterocycles. The molecule has 0 aliphatic heterocycles. The van der Waals surface area contributed by atoms with Crippen molar-refractivity contribution in [3.63, 3.8) is 0 Å². The fraction of sp³-hybridized carbons (Fsp3) is 1.00. The zero-order valence-electron chi connectivity index (χ0n) is 14.8. The highest BCUT2D eigenvalue weighted by molar-refractivity contribution is 6.60. The third kappa shape index (κ3) is 8.70. The van der Waals surface area contributed by atoms with E-state index in [0.717, 1.165) is 44.6 Å². The van der Waals surface area contributed by atoms with Gasteiger partial charge in [-0.2, -0.15) is 0 Å². The van der Waals surface area contributed by atoms with Gasteiger partial charge in [-0.05, 0) is 32.0 Å². The Morgan fingerprint density at radius 1 is 0.864 bits per heavy atom. The van der Waals surface area contributed by atoms with E-state index >= 15 is 0 Å². The van der Waals surface area contributed by atoms with E-state index in [4.69, 9.17) is 27.9 Å². The Hall–Kier alpha value is 0.154. The van der Waals surface area contributed by atoms with Crippen molar-refractivity contribution in [3.05, 3.63) is 0 Å². The second kappa shape index (κ2) is 13.6. The van der Waals surface area contributed by atoms with Crippen LogP contribution in [0.5, 0.6) is 0 Å². The van der Waals surface area contributed by atoms with E-state index in [1.54, 1.807) is 35.5 Å². The summed E-state index contributed by atoms with van der Waals surface area (Å²) in [4.78, 5) is 2.37. The minimum Gasteiger partial charge on any atom is -0.400 e. The van der Waals surface area contributed by atoms with Crippen LogP contribution in [0.4, 0.5) is 0 Å². The zero-order valence-corrected chi connectivity index (χ0v) is 17.0. The number of hydrogen-bond acceptors (Lipinski definition) is 7. The lowest BCUT2D eigenvalue weighted by Crippen LogP contribution is -2.43. The lowest BCUT2D eigenvalue weighted by molar-refractivity contribution is 0.121. The predicted octanol–water partition coefficient (Wildman–Crippen LogP) is 0.419. The summed E-state index contributed by atoms with van der Waals surface area (Å²) in [5.74, 6) is 0. The molecule has 0 fully saturated rings. The Morgan fingerprint density at radius 3 is 1.86 bits per heavy atom. The van der Waals surface area contributed by atoms with Crippen LogP contribution in [0.25, 0.3) is 0 Å². The van der Waals surface area contributed by atoms with Gasteiger partial charge in [-0.25, -0.2) is 0 Å². The Kier molecular flexibility index (Phi) is 13.7. The molecule has 7 nitrogen and oxygen atoms in total. The first-order chi connectivity index (χ1) is 10.6. The number of rotatable bonds is 15. The molecule has 0 aromatic carbocycles. The lowest BCUT2D eigenvalue weighted by atomic mass is 10.3. The molecule has 0 radical (unpaired) electrons. The first-order valence-corrected chi connectivity index (χ1v) is 11.4. The van der Waals surface area contributed by atoms with Gasteiger partial charge in [-0.15, -0.1) is 0 Å². The number of nitrogens with two attached hydrogens (primary N) is 1. The molecular formula is C13H34N2O5Si2. The van der Waals surface area contributed by atoms with E-state index in [1.807, 2.05) is 0 Å². The molecule has 0 heterocycles. The standard InChI is InChI=1S/C13H34N2O5Si2/c1-16-21(17-2)12-6-9-15(11-8-14)10-7-13-22(18-3,19-4)20-5/h21H,6-14H2,1-5H3. The van der Waals surface area contributed by atoms with Gasteiger partial charge in [-0.1, -0.05) is 0 Å². The van der Waals surface area contributed by atoms with Crippen LogP contribution in [-0.4, -0.2) is 84.7 Å². The quantitative estimate of drug-likeness (QED) is 0.427. The van der Waals surface area contributed by atoms with Crippen molar-refractivity contribution >= 4 is 18.1 Å². The third-order valence-corrected chi connectivity index (χ3v) is 8.54. The van der Waals surface area contributed by atoms with Crippen molar-refractivity contribution < 1.29 is 22.1 Å². The van der Waals surface area contributed by atoms with Crippen LogP contribution in [0, 0.1) is 0 Å². The summed E-state index contributed by atoms with van der Waals surface area (Å²) >= 11 is 0. The Morgan fingerprint density at radius 2 is 1.41 bits per heavy atom. The maximum atomic E-state index is 5.70. The average molecular weight is 355 g/mol. The average Bonchev–Trinajstić information content (AvgIpc) is 2.56. The summed E-state index contributed by atoms with van der Waals surface area (Å²) in [6, 6.07) is 1.83. The van der Waals surface area contributed by atoms with Crippen LogP contribution < -0.4 is 5.73 Å². The Labute approximate surface area is 138 Å². The van der Waals surface area contributed by atoms with E-state index < -0.39 is 18.1 Å². The summed E-state index contributed by atoms with van der Waals surface area (Å²) in [5.41, 5.74) is 5.70. The molecular weight excluding hydrogens is 320 g/mol. The van der Waals surface area contributed by atoms with Gasteiger partial charge in [0.05, 0.1) is 0 Å². The normalized spacial score (nSPS) is 12.5. The fourth-order valence-electron chi connectivity index (χ4n) is 2.41. The molecule has 0 aliphatic rings. The van der Waals surface area contributed by atoms with Gasteiger partial charge in [-0.3, -0.25) is 0 Å². The van der Waals surface area contributed by atoms with Crippen LogP contribution in [-0.2, 0) is 22.1 Å². The van der Waals surface area contributed by atoms with E-state index in [1.165, 1.54) is 0 Å². The first kappa shape index (κ1) is 22.2.